The highest BCUT2D eigenvalue weighted by Gasteiger charge is 1.99. The highest BCUT2D eigenvalue weighted by Crippen LogP contribution is 2.00. The Kier molecular flexibility index (Phi) is 6.91. The van der Waals surface area contributed by atoms with Crippen molar-refractivity contribution in [1.29, 1.82) is 0 Å². The number of rotatable bonds is 5. The van der Waals surface area contributed by atoms with Crippen molar-refractivity contribution < 1.29 is 33.4 Å². The second-order valence-electron chi connectivity index (χ2n) is 3.00. The SMILES string of the molecule is Cc1ccc2c(=O)[nH]cnn12.O=S(O)ONOOOO. The quantitative estimate of drug-likeness (QED) is 0.239. The Bertz CT molecular complexity index is 612. The lowest BCUT2D eigenvalue weighted by atomic mass is 10.5. The summed E-state index contributed by atoms with van der Waals surface area (Å²) in [6, 6.07) is 3.61. The third kappa shape index (κ3) is 5.11. The van der Waals surface area contributed by atoms with Crippen molar-refractivity contribution in [2.45, 2.75) is 6.92 Å². The lowest BCUT2D eigenvalue weighted by Crippen LogP contribution is -2.16. The van der Waals surface area contributed by atoms with Gasteiger partial charge in [0.15, 0.2) is 0 Å². The lowest BCUT2D eigenvalue weighted by molar-refractivity contribution is -0.647. The van der Waals surface area contributed by atoms with E-state index in [1.165, 1.54) is 12.0 Å². The van der Waals surface area contributed by atoms with Crippen molar-refractivity contribution in [3.05, 3.63) is 34.5 Å². The van der Waals surface area contributed by atoms with Gasteiger partial charge in [0.25, 0.3) is 5.56 Å². The highest BCUT2D eigenvalue weighted by atomic mass is 32.2. The normalized spacial score (nSPS) is 11.9. The molecule has 4 N–H and O–H groups in total. The molecule has 2 heterocycles. The van der Waals surface area contributed by atoms with Crippen LogP contribution >= 0.6 is 0 Å². The number of nitrogens with zero attached hydrogens (tertiary/aromatic N) is 2. The van der Waals surface area contributed by atoms with Crippen LogP contribution in [0, 0.1) is 6.92 Å². The Hall–Kier alpha value is -1.71. The van der Waals surface area contributed by atoms with Gasteiger partial charge in [-0.05, 0) is 34.8 Å². The zero-order valence-electron chi connectivity index (χ0n) is 9.88. The third-order valence-electron chi connectivity index (χ3n) is 1.85. The second-order valence-corrected chi connectivity index (χ2v) is 3.60. The van der Waals surface area contributed by atoms with E-state index in [0.29, 0.717) is 5.52 Å². The molecule has 0 spiro atoms. The molecule has 20 heavy (non-hydrogen) atoms. The maximum atomic E-state index is 11.1. The van der Waals surface area contributed by atoms with Gasteiger partial charge in [0.1, 0.15) is 11.8 Å². The Morgan fingerprint density at radius 3 is 2.85 bits per heavy atom. The summed E-state index contributed by atoms with van der Waals surface area (Å²) in [5.41, 5.74) is 2.78. The monoisotopic (exact) mass is 310 g/mol. The van der Waals surface area contributed by atoms with Gasteiger partial charge in [-0.1, -0.05) is 4.99 Å². The molecule has 0 amide bonds. The van der Waals surface area contributed by atoms with Crippen LogP contribution in [0.2, 0.25) is 0 Å². The van der Waals surface area contributed by atoms with E-state index in [2.05, 4.69) is 29.4 Å². The topological polar surface area (TPSA) is 157 Å². The van der Waals surface area contributed by atoms with Gasteiger partial charge in [0.2, 0.25) is 0 Å². The Morgan fingerprint density at radius 1 is 1.50 bits per heavy atom. The number of H-pyrrole nitrogens is 1. The van der Waals surface area contributed by atoms with E-state index in [-0.39, 0.29) is 5.56 Å². The smallest absolute Gasteiger partial charge is 0.310 e. The van der Waals surface area contributed by atoms with Crippen molar-refractivity contribution in [3.63, 3.8) is 0 Å². The standard InChI is InChI=1S/C7H7N3O.H3NO7S/c1-5-2-3-6-7(11)8-4-9-10(5)6;2-7-8-5-1-6-9(3)4/h2-4H,1H3,(H,8,9,11);1-2H,(H,3,4). The Balaban J connectivity index is 0.000000206. The maximum Gasteiger partial charge on any atom is 0.321 e. The summed E-state index contributed by atoms with van der Waals surface area (Å²) < 4.78 is 22.5. The number of fused-ring (bicyclic) bond motifs is 1. The van der Waals surface area contributed by atoms with Gasteiger partial charge >= 0.3 is 11.4 Å². The summed E-state index contributed by atoms with van der Waals surface area (Å²) in [6.07, 6.45) is 1.39. The fourth-order valence-electron chi connectivity index (χ4n) is 1.15. The molecule has 2 aromatic heterocycles. The first-order chi connectivity index (χ1) is 9.56. The molecule has 0 bridgehead atoms. The molecular formula is C7H10N4O8S. The van der Waals surface area contributed by atoms with Gasteiger partial charge < -0.3 is 4.98 Å². The van der Waals surface area contributed by atoms with Crippen molar-refractivity contribution in [2.24, 2.45) is 0 Å². The first kappa shape index (κ1) is 16.3. The first-order valence-corrected chi connectivity index (χ1v) is 5.78. The van der Waals surface area contributed by atoms with Crippen molar-refractivity contribution in [1.82, 2.24) is 20.2 Å². The number of hydrogen-bond donors (Lipinski definition) is 4. The van der Waals surface area contributed by atoms with Crippen LogP contribution in [0.15, 0.2) is 23.3 Å². The van der Waals surface area contributed by atoms with Gasteiger partial charge in [-0.25, -0.2) is 9.77 Å². The van der Waals surface area contributed by atoms with Gasteiger partial charge in [-0.15, -0.1) is 4.28 Å². The van der Waals surface area contributed by atoms with Crippen molar-refractivity contribution >= 4 is 16.9 Å². The second kappa shape index (κ2) is 8.46. The molecule has 0 aliphatic carbocycles. The Morgan fingerprint density at radius 2 is 2.25 bits per heavy atom. The molecule has 0 aliphatic heterocycles. The molecule has 1 atom stereocenters. The summed E-state index contributed by atoms with van der Waals surface area (Å²) in [5.74, 6) is 0. The highest BCUT2D eigenvalue weighted by molar-refractivity contribution is 7.74. The van der Waals surface area contributed by atoms with Crippen LogP contribution in [0.3, 0.4) is 0 Å². The average Bonchev–Trinajstić information content (AvgIpc) is 2.79. The van der Waals surface area contributed by atoms with Crippen LogP contribution in [0.4, 0.5) is 0 Å². The van der Waals surface area contributed by atoms with E-state index in [4.69, 9.17) is 9.81 Å². The van der Waals surface area contributed by atoms with E-state index in [9.17, 15) is 9.00 Å². The van der Waals surface area contributed by atoms with Crippen molar-refractivity contribution in [3.8, 4) is 0 Å². The van der Waals surface area contributed by atoms with Crippen LogP contribution in [0.1, 0.15) is 5.69 Å². The number of nitrogens with one attached hydrogen (secondary N) is 2. The van der Waals surface area contributed by atoms with Crippen LogP contribution in [0.25, 0.3) is 5.52 Å². The van der Waals surface area contributed by atoms with Gasteiger partial charge in [0.05, 0.1) is 0 Å². The van der Waals surface area contributed by atoms with Crippen LogP contribution in [-0.4, -0.2) is 28.6 Å². The molecule has 112 valence electrons. The summed E-state index contributed by atoms with van der Waals surface area (Å²) in [6.45, 7) is 1.90. The van der Waals surface area contributed by atoms with Gasteiger partial charge in [-0.2, -0.15) is 9.31 Å². The predicted octanol–water partition coefficient (Wildman–Crippen LogP) is -0.757. The van der Waals surface area contributed by atoms with Crippen LogP contribution in [-0.2, 0) is 30.7 Å². The molecular weight excluding hydrogens is 300 g/mol. The summed E-state index contributed by atoms with van der Waals surface area (Å²) >= 11 is -2.52. The van der Waals surface area contributed by atoms with E-state index in [1.54, 1.807) is 10.6 Å². The van der Waals surface area contributed by atoms with E-state index in [1.807, 2.05) is 13.0 Å². The average molecular weight is 310 g/mol. The summed E-state index contributed by atoms with van der Waals surface area (Å²) in [7, 11) is 0. The Labute approximate surface area is 113 Å². The number of aromatic nitrogens is 3. The first-order valence-electron chi connectivity index (χ1n) is 4.75. The molecule has 1 unspecified atom stereocenters. The fraction of sp³-hybridized carbons (Fsp3) is 0.143. The van der Waals surface area contributed by atoms with E-state index < -0.39 is 11.4 Å². The molecule has 13 heteroatoms. The van der Waals surface area contributed by atoms with Crippen LogP contribution < -0.4 is 11.2 Å². The van der Waals surface area contributed by atoms with Gasteiger partial charge in [-0.3, -0.25) is 9.35 Å². The van der Waals surface area contributed by atoms with Crippen LogP contribution in [0.5, 0.6) is 0 Å². The largest absolute Gasteiger partial charge is 0.321 e. The van der Waals surface area contributed by atoms with Gasteiger partial charge in [0, 0.05) is 5.69 Å². The molecule has 2 rings (SSSR count). The number of aromatic amines is 1. The minimum absolute atomic E-state index is 0.104. The zero-order chi connectivity index (χ0) is 15.0. The maximum absolute atomic E-state index is 11.1. The lowest BCUT2D eigenvalue weighted by Gasteiger charge is -1.94. The van der Waals surface area contributed by atoms with Crippen molar-refractivity contribution in [2.75, 3.05) is 0 Å². The number of hydrogen-bond acceptors (Lipinski definition) is 9. The molecule has 0 fully saturated rings. The molecule has 0 aliphatic rings. The molecule has 0 radical (unpaired) electrons. The predicted molar refractivity (Wildman–Crippen MR) is 61.4 cm³/mol. The molecule has 0 saturated heterocycles. The molecule has 0 aromatic carbocycles. The fourth-order valence-corrected chi connectivity index (χ4v) is 1.23. The molecule has 0 saturated carbocycles. The molecule has 12 nitrogen and oxygen atoms in total. The number of aryl methyl sites for hydroxylation is 1. The summed E-state index contributed by atoms with van der Waals surface area (Å²) in [5, 5.41) is 17.4. The molecule has 2 aromatic rings. The van der Waals surface area contributed by atoms with E-state index >= 15 is 0 Å². The third-order valence-corrected chi connectivity index (χ3v) is 2.06. The minimum Gasteiger partial charge on any atom is -0.310 e. The zero-order valence-corrected chi connectivity index (χ0v) is 10.7. The van der Waals surface area contributed by atoms with E-state index in [0.717, 1.165) is 5.69 Å². The minimum atomic E-state index is -2.52. The summed E-state index contributed by atoms with van der Waals surface area (Å²) in [4.78, 5) is 17.1.